The molecule has 0 bridgehead atoms. The van der Waals surface area contributed by atoms with Gasteiger partial charge in [-0.25, -0.2) is 0 Å². The number of aryl methyl sites for hydroxylation is 8. The van der Waals surface area contributed by atoms with Crippen LogP contribution in [0, 0.1) is 55.4 Å². The zero-order chi connectivity index (χ0) is 76.8. The van der Waals surface area contributed by atoms with E-state index < -0.39 is 57.0 Å². The number of fused-ring (bicyclic) bond motifs is 4. The van der Waals surface area contributed by atoms with Crippen molar-refractivity contribution >= 4 is 46.4 Å². The fourth-order valence-electron chi connectivity index (χ4n) is 15.6. The number of hydrogen-bond acceptors (Lipinski definition) is 6. The number of carbonyl (C=O) groups is 4. The monoisotopic (exact) mass is 1450 g/mol. The van der Waals surface area contributed by atoms with Crippen LogP contribution in [0.2, 0.25) is 0 Å². The number of aliphatic hydroxyl groups is 2. The summed E-state index contributed by atoms with van der Waals surface area (Å²) >= 11 is 0. The molecule has 0 saturated carbocycles. The highest BCUT2D eigenvalue weighted by molar-refractivity contribution is 6.15. The second kappa shape index (κ2) is 29.1. The van der Waals surface area contributed by atoms with Crippen LogP contribution in [0.4, 0.5) is 49.1 Å². The first-order valence-corrected chi connectivity index (χ1v) is 35.3. The summed E-state index contributed by atoms with van der Waals surface area (Å²) in [6.07, 6.45) is -9.15. The lowest BCUT2D eigenvalue weighted by Crippen LogP contribution is -2.37. The third kappa shape index (κ3) is 12.8. The molecule has 2 atom stereocenters. The van der Waals surface area contributed by atoms with Gasteiger partial charge in [-0.1, -0.05) is 288 Å². The van der Waals surface area contributed by atoms with E-state index in [1.165, 1.54) is 23.3 Å². The van der Waals surface area contributed by atoms with Crippen LogP contribution in [-0.4, -0.2) is 33.8 Å². The quantitative estimate of drug-likeness (QED) is 0.0749. The normalized spacial score (nSPS) is 16.8. The first-order chi connectivity index (χ1) is 51.6. The molecule has 16 rings (SSSR count). The van der Waals surface area contributed by atoms with Gasteiger partial charge in [-0.05, 0) is 134 Å². The van der Waals surface area contributed by atoms with Gasteiger partial charge in [0.05, 0.1) is 35.7 Å². The summed E-state index contributed by atoms with van der Waals surface area (Å²) in [5.74, 6) is -1.04. The highest BCUT2D eigenvalue weighted by Crippen LogP contribution is 2.55. The molecule has 0 unspecified atom stereocenters. The third-order valence-electron chi connectivity index (χ3n) is 21.3. The Kier molecular flexibility index (Phi) is 20.0. The van der Waals surface area contributed by atoms with Gasteiger partial charge in [-0.3, -0.25) is 19.2 Å². The molecule has 4 aliphatic rings. The number of benzene rings is 12. The summed E-state index contributed by atoms with van der Waals surface area (Å²) in [4.78, 5) is 53.4. The van der Waals surface area contributed by atoms with E-state index in [-0.39, 0.29) is 42.0 Å². The van der Waals surface area contributed by atoms with E-state index in [4.69, 9.17) is 0 Å². The SMILES string of the molecule is Cc1ccc(C2(c3ccc(C)cc3)C(=O)Nc3c(C(F)(F)F)cccc32)cc1.Cc1ccc(C2(c3ccc(C)cc3)C(=O)Nc3c(C)cccc32)cc1.Cc1ccc([C@@]2(c3ccc(CO)cc3)C(=O)Nc3c(C(F)(F)F)cccc32)cc1.Cc1ccc([C@@]2(c3ccc(CO)cc3)C(=O)Nc3c(C)cccc32)cc1. The van der Waals surface area contributed by atoms with E-state index in [1.807, 2.05) is 181 Å². The van der Waals surface area contributed by atoms with Gasteiger partial charge in [0.2, 0.25) is 23.6 Å². The zero-order valence-electron chi connectivity index (χ0n) is 60.6. The number of anilines is 4. The minimum absolute atomic E-state index is 0.0142. The second-order valence-corrected chi connectivity index (χ2v) is 28.2. The predicted molar refractivity (Wildman–Crippen MR) is 411 cm³/mol. The topological polar surface area (TPSA) is 157 Å². The number of para-hydroxylation sites is 4. The molecule has 16 heteroatoms. The van der Waals surface area contributed by atoms with Gasteiger partial charge in [0.15, 0.2) is 0 Å². The molecule has 4 heterocycles. The average Bonchev–Trinajstić information content (AvgIpc) is 1.56. The maximum absolute atomic E-state index is 13.6. The van der Waals surface area contributed by atoms with Gasteiger partial charge < -0.3 is 31.5 Å². The van der Waals surface area contributed by atoms with Gasteiger partial charge in [-0.15, -0.1) is 0 Å². The first kappa shape index (κ1) is 74.3. The van der Waals surface area contributed by atoms with Crippen LogP contribution in [-0.2, 0) is 66.4 Å². The van der Waals surface area contributed by atoms with E-state index in [0.29, 0.717) is 33.4 Å². The van der Waals surface area contributed by atoms with Gasteiger partial charge in [-0.2, -0.15) is 26.3 Å². The van der Waals surface area contributed by atoms with Crippen LogP contribution in [0.3, 0.4) is 0 Å². The lowest BCUT2D eigenvalue weighted by Gasteiger charge is -2.29. The average molecular weight is 1450 g/mol. The van der Waals surface area contributed by atoms with Crippen molar-refractivity contribution in [1.29, 1.82) is 0 Å². The summed E-state index contributed by atoms with van der Waals surface area (Å²) in [7, 11) is 0. The maximum atomic E-state index is 13.6. The summed E-state index contributed by atoms with van der Waals surface area (Å²) in [6, 6.07) is 81.0. The fraction of sp³-hybridized carbons (Fsp3) is 0.174. The Bertz CT molecular complexity index is 5320. The molecule has 6 N–H and O–H groups in total. The molecule has 0 aromatic heterocycles. The van der Waals surface area contributed by atoms with E-state index >= 15 is 0 Å². The molecule has 12 aromatic carbocycles. The smallest absolute Gasteiger partial charge is 0.392 e. The van der Waals surface area contributed by atoms with Crippen LogP contribution >= 0.6 is 0 Å². The Morgan fingerprint density at radius 1 is 0.259 bits per heavy atom. The minimum Gasteiger partial charge on any atom is -0.392 e. The van der Waals surface area contributed by atoms with Gasteiger partial charge in [0, 0.05) is 33.6 Å². The van der Waals surface area contributed by atoms with Crippen LogP contribution in [0.15, 0.2) is 267 Å². The maximum Gasteiger partial charge on any atom is 0.418 e. The fourth-order valence-corrected chi connectivity index (χ4v) is 15.6. The Morgan fingerprint density at radius 2 is 0.444 bits per heavy atom. The molecule has 108 heavy (non-hydrogen) atoms. The molecule has 0 fully saturated rings. The molecular weight excluding hydrogens is 1370 g/mol. The van der Waals surface area contributed by atoms with Gasteiger partial charge in [0.25, 0.3) is 0 Å². The van der Waals surface area contributed by atoms with Crippen molar-refractivity contribution in [2.24, 2.45) is 0 Å². The number of nitrogens with one attached hydrogen (secondary N) is 4. The highest BCUT2D eigenvalue weighted by Gasteiger charge is 2.56. The van der Waals surface area contributed by atoms with Gasteiger partial charge >= 0.3 is 12.4 Å². The standard InChI is InChI=1S/C23H18F3NO2.C23H18F3NO.C23H21NO2.C23H21NO/c1-14-5-9-16(10-6-14)22(17-11-7-15(13-28)8-12-17)18-3-2-4-19(23(24,25)26)20(18)27-21(22)29;1-14-6-10-16(11-7-14)22(17-12-8-15(2)9-13-17)18-4-3-5-19(23(24,25)26)20(18)27-21(22)28;1-15-6-10-18(11-7-15)23(19-12-8-17(14-25)9-13-19)20-5-3-4-16(2)21(20)24-22(23)26;1-15-7-11-18(12-8-15)23(19-13-9-16(2)10-14-19)20-6-4-5-17(3)21(20)24-22(23)25/h2-12,28H,13H2,1H3,(H,27,29);3-13H,1-2H3,(H,27,28);3-13,25H,14H2,1-2H3,(H,24,26);4-14H,1-3H3,(H,24,25)/t22-;;23-;/m0.0./s1. The minimum atomic E-state index is -4.59. The van der Waals surface area contributed by atoms with Crippen molar-refractivity contribution < 1.29 is 55.7 Å². The summed E-state index contributed by atoms with van der Waals surface area (Å²) in [6.45, 7) is 15.8. The van der Waals surface area contributed by atoms with Crippen molar-refractivity contribution in [3.05, 3.63) is 400 Å². The molecule has 4 aliphatic heterocycles. The molecule has 544 valence electrons. The molecule has 0 aliphatic carbocycles. The van der Waals surface area contributed by atoms with E-state index in [9.17, 15) is 55.7 Å². The van der Waals surface area contributed by atoms with Crippen molar-refractivity contribution in [3.8, 4) is 0 Å². The van der Waals surface area contributed by atoms with E-state index in [0.717, 1.165) is 95.8 Å². The van der Waals surface area contributed by atoms with E-state index in [1.54, 1.807) is 48.5 Å². The highest BCUT2D eigenvalue weighted by atomic mass is 19.4. The Labute approximate surface area is 623 Å². The van der Waals surface area contributed by atoms with Crippen molar-refractivity contribution in [3.63, 3.8) is 0 Å². The molecule has 12 aromatic rings. The van der Waals surface area contributed by atoms with Crippen LogP contribution in [0.1, 0.15) is 134 Å². The number of hydrogen-bond donors (Lipinski definition) is 6. The molecular formula is C92H78F6N4O6. The number of halogens is 6. The second-order valence-electron chi connectivity index (χ2n) is 28.2. The molecule has 4 amide bonds. The van der Waals surface area contributed by atoms with Crippen molar-refractivity contribution in [2.45, 2.75) is 103 Å². The third-order valence-corrected chi connectivity index (χ3v) is 21.3. The predicted octanol–water partition coefficient (Wildman–Crippen LogP) is 19.4. The first-order valence-electron chi connectivity index (χ1n) is 35.3. The lowest BCUT2D eigenvalue weighted by molar-refractivity contribution is -0.137. The molecule has 0 radical (unpaired) electrons. The van der Waals surface area contributed by atoms with Crippen molar-refractivity contribution in [2.75, 3.05) is 21.3 Å². The van der Waals surface area contributed by atoms with Crippen molar-refractivity contribution in [1.82, 2.24) is 0 Å². The van der Waals surface area contributed by atoms with E-state index in [2.05, 4.69) is 89.7 Å². The van der Waals surface area contributed by atoms with Crippen LogP contribution < -0.4 is 21.3 Å². The van der Waals surface area contributed by atoms with Crippen LogP contribution in [0.25, 0.3) is 0 Å². The summed E-state index contributed by atoms with van der Waals surface area (Å²) in [5, 5.41) is 30.0. The Morgan fingerprint density at radius 3 is 0.648 bits per heavy atom. The number of amides is 4. The Balaban J connectivity index is 0.000000127. The largest absolute Gasteiger partial charge is 0.418 e. The number of alkyl halides is 6. The Hall–Kier alpha value is -12.0. The molecule has 0 saturated heterocycles. The zero-order valence-corrected chi connectivity index (χ0v) is 60.6. The molecule has 10 nitrogen and oxygen atoms in total. The lowest BCUT2D eigenvalue weighted by atomic mass is 9.70. The summed E-state index contributed by atoms with van der Waals surface area (Å²) < 4.78 is 81.5. The number of carbonyl (C=O) groups excluding carboxylic acids is 4. The molecule has 0 spiro atoms. The van der Waals surface area contributed by atoms with Gasteiger partial charge in [0.1, 0.15) is 21.7 Å². The summed E-state index contributed by atoms with van der Waals surface area (Å²) in [5.41, 5.74) is 14.3. The number of rotatable bonds is 10. The number of aliphatic hydroxyl groups excluding tert-OH is 2. The van der Waals surface area contributed by atoms with Crippen LogP contribution in [0.5, 0.6) is 0 Å².